The lowest BCUT2D eigenvalue weighted by Crippen LogP contribution is -2.51. The molecule has 3 heteroatoms. The van der Waals surface area contributed by atoms with E-state index in [1.807, 2.05) is 0 Å². The smallest absolute Gasteiger partial charge is 0.0575 e. The summed E-state index contributed by atoms with van der Waals surface area (Å²) < 4.78 is 17.6. The van der Waals surface area contributed by atoms with Crippen LogP contribution >= 0.6 is 0 Å². The normalized spacial score (nSPS) is 18.7. The third kappa shape index (κ3) is 4.94. The van der Waals surface area contributed by atoms with Crippen molar-refractivity contribution in [3.8, 4) is 0 Å². The molecule has 0 bridgehead atoms. The van der Waals surface area contributed by atoms with E-state index in [9.17, 15) is 0 Å². The lowest BCUT2D eigenvalue weighted by molar-refractivity contribution is -0.143. The van der Waals surface area contributed by atoms with E-state index < -0.39 is 0 Å². The molecule has 1 rings (SSSR count). The van der Waals surface area contributed by atoms with Crippen molar-refractivity contribution in [2.45, 2.75) is 72.3 Å². The predicted octanol–water partition coefficient (Wildman–Crippen LogP) is 4.69. The van der Waals surface area contributed by atoms with Gasteiger partial charge in [0.15, 0.2) is 0 Å². The Hall–Kier alpha value is -0.120. The first kappa shape index (κ1) is 19.9. The van der Waals surface area contributed by atoms with E-state index in [1.165, 1.54) is 38.5 Å². The minimum absolute atomic E-state index is 0.0871. The molecule has 0 aromatic heterocycles. The number of ether oxygens (including phenoxy) is 3. The van der Waals surface area contributed by atoms with Gasteiger partial charge in [0.1, 0.15) is 0 Å². The highest BCUT2D eigenvalue weighted by atomic mass is 16.5. The van der Waals surface area contributed by atoms with Crippen molar-refractivity contribution in [3.05, 3.63) is 0 Å². The van der Waals surface area contributed by atoms with E-state index in [1.54, 1.807) is 14.2 Å². The molecule has 22 heavy (non-hydrogen) atoms. The molecule has 0 atom stereocenters. The van der Waals surface area contributed by atoms with Crippen LogP contribution in [0, 0.1) is 16.7 Å². The molecule has 1 saturated carbocycles. The van der Waals surface area contributed by atoms with E-state index in [-0.39, 0.29) is 10.8 Å². The Kier molecular flexibility index (Phi) is 8.37. The third-order valence-corrected chi connectivity index (χ3v) is 6.05. The SMILES string of the molecule is COCC(COC)(COC1CCCCCC1)C(C)(C)C(C)C. The quantitative estimate of drug-likeness (QED) is 0.578. The summed E-state index contributed by atoms with van der Waals surface area (Å²) in [7, 11) is 3.57. The van der Waals surface area contributed by atoms with E-state index in [0.29, 0.717) is 25.2 Å². The topological polar surface area (TPSA) is 27.7 Å². The van der Waals surface area contributed by atoms with Gasteiger partial charge in [0, 0.05) is 19.6 Å². The number of hydrogen-bond donors (Lipinski definition) is 0. The van der Waals surface area contributed by atoms with Gasteiger partial charge in [0.05, 0.1) is 25.9 Å². The summed E-state index contributed by atoms with van der Waals surface area (Å²) in [6.45, 7) is 11.3. The molecule has 1 fully saturated rings. The van der Waals surface area contributed by atoms with Crippen LogP contribution in [0.15, 0.2) is 0 Å². The predicted molar refractivity (Wildman–Crippen MR) is 92.2 cm³/mol. The molecular weight excluding hydrogens is 276 g/mol. The average Bonchev–Trinajstić information content (AvgIpc) is 2.73. The van der Waals surface area contributed by atoms with Crippen LogP contribution in [0.25, 0.3) is 0 Å². The molecule has 0 aromatic carbocycles. The summed E-state index contributed by atoms with van der Waals surface area (Å²) in [6.07, 6.45) is 8.16. The fourth-order valence-corrected chi connectivity index (χ4v) is 3.53. The van der Waals surface area contributed by atoms with E-state index >= 15 is 0 Å². The second-order valence-electron chi connectivity index (χ2n) is 7.95. The van der Waals surface area contributed by atoms with Crippen molar-refractivity contribution in [2.24, 2.45) is 16.7 Å². The van der Waals surface area contributed by atoms with Crippen LogP contribution in [0.2, 0.25) is 0 Å². The van der Waals surface area contributed by atoms with Gasteiger partial charge < -0.3 is 14.2 Å². The Morgan fingerprint density at radius 2 is 1.36 bits per heavy atom. The zero-order chi connectivity index (χ0) is 16.6. The summed E-state index contributed by atoms with van der Waals surface area (Å²) in [6, 6.07) is 0. The Morgan fingerprint density at radius 3 is 1.77 bits per heavy atom. The van der Waals surface area contributed by atoms with Gasteiger partial charge in [-0.3, -0.25) is 0 Å². The highest BCUT2D eigenvalue weighted by molar-refractivity contribution is 4.95. The highest BCUT2D eigenvalue weighted by Gasteiger charge is 2.47. The molecule has 0 heterocycles. The van der Waals surface area contributed by atoms with Crippen molar-refractivity contribution in [1.82, 2.24) is 0 Å². The molecule has 0 amide bonds. The van der Waals surface area contributed by atoms with Crippen molar-refractivity contribution in [2.75, 3.05) is 34.0 Å². The first-order valence-corrected chi connectivity index (χ1v) is 8.99. The monoisotopic (exact) mass is 314 g/mol. The van der Waals surface area contributed by atoms with Crippen LogP contribution in [-0.2, 0) is 14.2 Å². The highest BCUT2D eigenvalue weighted by Crippen LogP contribution is 2.46. The van der Waals surface area contributed by atoms with Gasteiger partial charge in [-0.05, 0) is 24.2 Å². The Bertz CT molecular complexity index is 285. The molecule has 132 valence electrons. The standard InChI is InChI=1S/C19H38O3/c1-16(2)18(3,4)19(13-20-5,14-21-6)15-22-17-11-9-7-8-10-12-17/h16-17H,7-15H2,1-6H3. The second kappa shape index (κ2) is 9.24. The summed E-state index contributed by atoms with van der Waals surface area (Å²) in [5, 5.41) is 0. The van der Waals surface area contributed by atoms with Crippen LogP contribution in [-0.4, -0.2) is 40.1 Å². The van der Waals surface area contributed by atoms with Crippen molar-refractivity contribution in [1.29, 1.82) is 0 Å². The first-order valence-electron chi connectivity index (χ1n) is 8.99. The molecule has 0 spiro atoms. The zero-order valence-corrected chi connectivity index (χ0v) is 15.7. The van der Waals surface area contributed by atoms with Crippen LogP contribution in [0.4, 0.5) is 0 Å². The van der Waals surface area contributed by atoms with Gasteiger partial charge in [-0.1, -0.05) is 53.4 Å². The molecule has 3 nitrogen and oxygen atoms in total. The van der Waals surface area contributed by atoms with Crippen LogP contribution < -0.4 is 0 Å². The van der Waals surface area contributed by atoms with Gasteiger partial charge >= 0.3 is 0 Å². The molecule has 0 saturated heterocycles. The molecule has 1 aliphatic rings. The molecule has 1 aliphatic carbocycles. The van der Waals surface area contributed by atoms with E-state index in [0.717, 1.165) is 6.61 Å². The van der Waals surface area contributed by atoms with Crippen LogP contribution in [0.5, 0.6) is 0 Å². The maximum atomic E-state index is 6.41. The van der Waals surface area contributed by atoms with Gasteiger partial charge in [-0.25, -0.2) is 0 Å². The largest absolute Gasteiger partial charge is 0.384 e. The van der Waals surface area contributed by atoms with Crippen molar-refractivity contribution in [3.63, 3.8) is 0 Å². The number of hydrogen-bond acceptors (Lipinski definition) is 3. The fourth-order valence-electron chi connectivity index (χ4n) is 3.53. The van der Waals surface area contributed by atoms with Gasteiger partial charge in [0.25, 0.3) is 0 Å². The maximum absolute atomic E-state index is 6.41. The van der Waals surface area contributed by atoms with Crippen LogP contribution in [0.3, 0.4) is 0 Å². The number of rotatable bonds is 9. The Labute approximate surface area is 138 Å². The minimum Gasteiger partial charge on any atom is -0.384 e. The van der Waals surface area contributed by atoms with E-state index in [4.69, 9.17) is 14.2 Å². The molecular formula is C19H38O3. The summed E-state index contributed by atoms with van der Waals surface area (Å²) >= 11 is 0. The van der Waals surface area contributed by atoms with Gasteiger partial charge in [-0.15, -0.1) is 0 Å². The third-order valence-electron chi connectivity index (χ3n) is 6.05. The number of methoxy groups -OCH3 is 2. The summed E-state index contributed by atoms with van der Waals surface area (Å²) in [5.74, 6) is 0.538. The van der Waals surface area contributed by atoms with Crippen molar-refractivity contribution >= 4 is 0 Å². The molecule has 0 aliphatic heterocycles. The maximum Gasteiger partial charge on any atom is 0.0575 e. The van der Waals surface area contributed by atoms with Crippen LogP contribution in [0.1, 0.15) is 66.2 Å². The van der Waals surface area contributed by atoms with Gasteiger partial charge in [-0.2, -0.15) is 0 Å². The lowest BCUT2D eigenvalue weighted by Gasteiger charge is -2.49. The first-order chi connectivity index (χ1) is 10.4. The molecule has 0 radical (unpaired) electrons. The summed E-state index contributed by atoms with van der Waals surface area (Å²) in [4.78, 5) is 0. The summed E-state index contributed by atoms with van der Waals surface area (Å²) in [5.41, 5.74) is -0.0132. The lowest BCUT2D eigenvalue weighted by atomic mass is 9.61. The molecule has 0 N–H and O–H groups in total. The molecule has 0 unspecified atom stereocenters. The zero-order valence-electron chi connectivity index (χ0n) is 15.7. The van der Waals surface area contributed by atoms with Gasteiger partial charge in [0.2, 0.25) is 0 Å². The molecule has 0 aromatic rings. The Morgan fingerprint density at radius 1 is 0.864 bits per heavy atom. The second-order valence-corrected chi connectivity index (χ2v) is 7.95. The average molecular weight is 315 g/mol. The minimum atomic E-state index is -0.100. The van der Waals surface area contributed by atoms with Crippen molar-refractivity contribution < 1.29 is 14.2 Å². The fraction of sp³-hybridized carbons (Fsp3) is 1.00. The Balaban J connectivity index is 2.83. The van der Waals surface area contributed by atoms with E-state index in [2.05, 4.69) is 27.7 Å².